The van der Waals surface area contributed by atoms with Crippen LogP contribution >= 0.6 is 15.9 Å². The summed E-state index contributed by atoms with van der Waals surface area (Å²) >= 11 is 3.34. The maximum Gasteiger partial charge on any atom is 0.134 e. The molecule has 3 heteroatoms. The van der Waals surface area contributed by atoms with Crippen LogP contribution in [0.4, 0.5) is 0 Å². The van der Waals surface area contributed by atoms with Crippen LogP contribution in [0, 0.1) is 0 Å². The van der Waals surface area contributed by atoms with Gasteiger partial charge in [0.25, 0.3) is 0 Å². The molecular formula is C10H11BrO2. The normalized spacial score (nSPS) is 16.7. The van der Waals surface area contributed by atoms with Gasteiger partial charge in [0.2, 0.25) is 0 Å². The molecular weight excluding hydrogens is 232 g/mol. The number of halogens is 1. The maximum atomic E-state index is 9.16. The molecule has 0 aliphatic heterocycles. The van der Waals surface area contributed by atoms with Crippen molar-refractivity contribution in [3.8, 4) is 11.5 Å². The fourth-order valence-electron chi connectivity index (χ4n) is 1.25. The van der Waals surface area contributed by atoms with E-state index in [1.165, 1.54) is 6.42 Å². The molecule has 1 saturated carbocycles. The van der Waals surface area contributed by atoms with Crippen LogP contribution in [-0.4, -0.2) is 11.2 Å². The van der Waals surface area contributed by atoms with Gasteiger partial charge in [-0.05, 0) is 53.4 Å². The van der Waals surface area contributed by atoms with Gasteiger partial charge in [0.1, 0.15) is 11.5 Å². The molecule has 1 aliphatic rings. The van der Waals surface area contributed by atoms with Gasteiger partial charge in [0.15, 0.2) is 0 Å². The van der Waals surface area contributed by atoms with Gasteiger partial charge in [0, 0.05) is 0 Å². The molecule has 0 bridgehead atoms. The molecule has 1 N–H and O–H groups in total. The lowest BCUT2D eigenvalue weighted by atomic mass is 9.96. The Balaban J connectivity index is 2.10. The molecule has 0 radical (unpaired) electrons. The zero-order chi connectivity index (χ0) is 9.26. The van der Waals surface area contributed by atoms with Crippen LogP contribution in [0.15, 0.2) is 22.7 Å². The molecule has 0 heterocycles. The first kappa shape index (κ1) is 8.88. The third-order valence-electron chi connectivity index (χ3n) is 2.26. The van der Waals surface area contributed by atoms with Gasteiger partial charge in [-0.3, -0.25) is 0 Å². The van der Waals surface area contributed by atoms with Gasteiger partial charge in [-0.25, -0.2) is 0 Å². The van der Waals surface area contributed by atoms with Crippen molar-refractivity contribution in [3.05, 3.63) is 22.7 Å². The van der Waals surface area contributed by atoms with E-state index < -0.39 is 0 Å². The summed E-state index contributed by atoms with van der Waals surface area (Å²) in [7, 11) is 0. The SMILES string of the molecule is Oc1ccc(OC2CCC2)c(Br)c1. The van der Waals surface area contributed by atoms with Gasteiger partial charge in [0.05, 0.1) is 10.6 Å². The largest absolute Gasteiger partial charge is 0.508 e. The van der Waals surface area contributed by atoms with E-state index in [9.17, 15) is 0 Å². The van der Waals surface area contributed by atoms with E-state index >= 15 is 0 Å². The number of phenolic OH excluding ortho intramolecular Hbond substituents is 1. The van der Waals surface area contributed by atoms with E-state index in [1.807, 2.05) is 0 Å². The van der Waals surface area contributed by atoms with Crippen LogP contribution in [0.3, 0.4) is 0 Å². The van der Waals surface area contributed by atoms with Crippen LogP contribution in [-0.2, 0) is 0 Å². The van der Waals surface area contributed by atoms with Crippen molar-refractivity contribution in [1.82, 2.24) is 0 Å². The number of aromatic hydroxyl groups is 1. The van der Waals surface area contributed by atoms with Crippen LogP contribution in [0.1, 0.15) is 19.3 Å². The molecule has 0 unspecified atom stereocenters. The first-order valence-electron chi connectivity index (χ1n) is 4.41. The topological polar surface area (TPSA) is 29.5 Å². The Morgan fingerprint density at radius 2 is 2.15 bits per heavy atom. The highest BCUT2D eigenvalue weighted by Gasteiger charge is 2.19. The minimum absolute atomic E-state index is 0.257. The lowest BCUT2D eigenvalue weighted by Crippen LogP contribution is -2.24. The Morgan fingerprint density at radius 3 is 2.69 bits per heavy atom. The monoisotopic (exact) mass is 242 g/mol. The van der Waals surface area contributed by atoms with Gasteiger partial charge in [-0.1, -0.05) is 0 Å². The van der Waals surface area contributed by atoms with E-state index in [0.29, 0.717) is 6.10 Å². The predicted octanol–water partition coefficient (Wildman–Crippen LogP) is 3.09. The van der Waals surface area contributed by atoms with Gasteiger partial charge >= 0.3 is 0 Å². The van der Waals surface area contributed by atoms with E-state index in [2.05, 4.69) is 15.9 Å². The Bertz CT molecular complexity index is 308. The highest BCUT2D eigenvalue weighted by atomic mass is 79.9. The first-order chi connectivity index (χ1) is 6.25. The summed E-state index contributed by atoms with van der Waals surface area (Å²) in [5.74, 6) is 1.08. The van der Waals surface area contributed by atoms with Gasteiger partial charge in [-0.15, -0.1) is 0 Å². The summed E-state index contributed by atoms with van der Waals surface area (Å²) in [5.41, 5.74) is 0. The molecule has 2 rings (SSSR count). The second-order valence-corrected chi connectivity index (χ2v) is 4.14. The Hall–Kier alpha value is -0.700. The number of hydrogen-bond acceptors (Lipinski definition) is 2. The standard InChI is InChI=1S/C10H11BrO2/c11-9-6-7(12)4-5-10(9)13-8-2-1-3-8/h4-6,8,12H,1-3H2. The third kappa shape index (κ3) is 1.97. The quantitative estimate of drug-likeness (QED) is 0.864. The zero-order valence-electron chi connectivity index (χ0n) is 7.16. The highest BCUT2D eigenvalue weighted by Crippen LogP contribution is 2.32. The van der Waals surface area contributed by atoms with Crippen LogP contribution < -0.4 is 4.74 Å². The predicted molar refractivity (Wildman–Crippen MR) is 54.1 cm³/mol. The molecule has 2 nitrogen and oxygen atoms in total. The van der Waals surface area contributed by atoms with E-state index in [1.54, 1.807) is 18.2 Å². The highest BCUT2D eigenvalue weighted by molar-refractivity contribution is 9.10. The third-order valence-corrected chi connectivity index (χ3v) is 2.88. The number of phenols is 1. The molecule has 1 fully saturated rings. The number of hydrogen-bond donors (Lipinski definition) is 1. The average molecular weight is 243 g/mol. The molecule has 0 saturated heterocycles. The Labute approximate surface area is 85.7 Å². The molecule has 1 aliphatic carbocycles. The number of rotatable bonds is 2. The first-order valence-corrected chi connectivity index (χ1v) is 5.20. The minimum atomic E-state index is 0.257. The van der Waals surface area contributed by atoms with Crippen molar-refractivity contribution in [1.29, 1.82) is 0 Å². The fourth-order valence-corrected chi connectivity index (χ4v) is 1.71. The maximum absolute atomic E-state index is 9.16. The fraction of sp³-hybridized carbons (Fsp3) is 0.400. The molecule has 70 valence electrons. The average Bonchev–Trinajstić information content (AvgIpc) is 1.99. The van der Waals surface area contributed by atoms with Crippen molar-refractivity contribution < 1.29 is 9.84 Å². The van der Waals surface area contributed by atoms with Crippen LogP contribution in [0.25, 0.3) is 0 Å². The van der Waals surface area contributed by atoms with Crippen molar-refractivity contribution in [2.24, 2.45) is 0 Å². The number of benzene rings is 1. The molecule has 0 atom stereocenters. The molecule has 0 aromatic heterocycles. The molecule has 1 aromatic rings. The van der Waals surface area contributed by atoms with Gasteiger partial charge < -0.3 is 9.84 Å². The molecule has 0 spiro atoms. The summed E-state index contributed by atoms with van der Waals surface area (Å²) in [5, 5.41) is 9.16. The van der Waals surface area contributed by atoms with E-state index in [4.69, 9.17) is 9.84 Å². The summed E-state index contributed by atoms with van der Waals surface area (Å²) in [6.07, 6.45) is 3.93. The van der Waals surface area contributed by atoms with Crippen molar-refractivity contribution in [3.63, 3.8) is 0 Å². The minimum Gasteiger partial charge on any atom is -0.508 e. The second-order valence-electron chi connectivity index (χ2n) is 3.29. The lowest BCUT2D eigenvalue weighted by Gasteiger charge is -2.26. The second kappa shape index (κ2) is 3.58. The molecule has 1 aromatic carbocycles. The summed E-state index contributed by atoms with van der Waals surface area (Å²) < 4.78 is 6.50. The summed E-state index contributed by atoms with van der Waals surface area (Å²) in [6.45, 7) is 0. The van der Waals surface area contributed by atoms with E-state index in [-0.39, 0.29) is 5.75 Å². The van der Waals surface area contributed by atoms with Crippen molar-refractivity contribution >= 4 is 15.9 Å². The lowest BCUT2D eigenvalue weighted by molar-refractivity contribution is 0.119. The Kier molecular flexibility index (Phi) is 2.44. The van der Waals surface area contributed by atoms with Crippen molar-refractivity contribution in [2.75, 3.05) is 0 Å². The Morgan fingerprint density at radius 1 is 1.38 bits per heavy atom. The van der Waals surface area contributed by atoms with Crippen LogP contribution in [0.2, 0.25) is 0 Å². The van der Waals surface area contributed by atoms with Crippen molar-refractivity contribution in [2.45, 2.75) is 25.4 Å². The smallest absolute Gasteiger partial charge is 0.134 e. The van der Waals surface area contributed by atoms with E-state index in [0.717, 1.165) is 23.1 Å². The zero-order valence-corrected chi connectivity index (χ0v) is 8.75. The number of ether oxygens (including phenoxy) is 1. The summed E-state index contributed by atoms with van der Waals surface area (Å²) in [6, 6.07) is 5.07. The van der Waals surface area contributed by atoms with Gasteiger partial charge in [-0.2, -0.15) is 0 Å². The van der Waals surface area contributed by atoms with Crippen LogP contribution in [0.5, 0.6) is 11.5 Å². The molecule has 13 heavy (non-hydrogen) atoms. The summed E-state index contributed by atoms with van der Waals surface area (Å²) in [4.78, 5) is 0. The molecule has 0 amide bonds.